The molecule has 4 heteroatoms. The number of hydrogen-bond acceptors (Lipinski definition) is 3. The average Bonchev–Trinajstić information content (AvgIpc) is 3.04. The van der Waals surface area contributed by atoms with Crippen LogP contribution in [0.3, 0.4) is 0 Å². The molecule has 0 unspecified atom stereocenters. The van der Waals surface area contributed by atoms with Gasteiger partial charge in [-0.15, -0.1) is 0 Å². The van der Waals surface area contributed by atoms with Crippen LogP contribution in [0.4, 0.5) is 0 Å². The zero-order chi connectivity index (χ0) is 16.5. The summed E-state index contributed by atoms with van der Waals surface area (Å²) in [6.07, 6.45) is 4.09. The Morgan fingerprint density at radius 1 is 1.08 bits per heavy atom. The van der Waals surface area contributed by atoms with Gasteiger partial charge in [0.25, 0.3) is 0 Å². The van der Waals surface area contributed by atoms with Crippen LogP contribution in [0.5, 0.6) is 11.5 Å². The quantitative estimate of drug-likeness (QED) is 0.771. The SMILES string of the molecule is COc1cc2c(cc1OC)[C@H](Cc1c[nH]c3ccccc13)NCC2. The van der Waals surface area contributed by atoms with Crippen molar-refractivity contribution in [3.63, 3.8) is 0 Å². The molecule has 0 fully saturated rings. The lowest BCUT2D eigenvalue weighted by Gasteiger charge is -2.28. The molecule has 24 heavy (non-hydrogen) atoms. The summed E-state index contributed by atoms with van der Waals surface area (Å²) in [5, 5.41) is 4.95. The van der Waals surface area contributed by atoms with E-state index in [9.17, 15) is 0 Å². The maximum atomic E-state index is 5.50. The van der Waals surface area contributed by atoms with E-state index in [2.05, 4.69) is 52.9 Å². The minimum atomic E-state index is 0.285. The Morgan fingerprint density at radius 3 is 2.71 bits per heavy atom. The first-order valence-corrected chi connectivity index (χ1v) is 8.33. The fourth-order valence-corrected chi connectivity index (χ4v) is 3.67. The molecule has 4 nitrogen and oxygen atoms in total. The highest BCUT2D eigenvalue weighted by Crippen LogP contribution is 2.36. The summed E-state index contributed by atoms with van der Waals surface area (Å²) in [4.78, 5) is 3.37. The lowest BCUT2D eigenvalue weighted by Crippen LogP contribution is -2.31. The minimum Gasteiger partial charge on any atom is -0.493 e. The Labute approximate surface area is 141 Å². The number of benzene rings is 2. The molecule has 0 aliphatic carbocycles. The first-order chi connectivity index (χ1) is 11.8. The lowest BCUT2D eigenvalue weighted by atomic mass is 9.89. The molecule has 0 bridgehead atoms. The third-order valence-electron chi connectivity index (χ3n) is 4.90. The number of aromatic amines is 1. The second kappa shape index (κ2) is 6.21. The van der Waals surface area contributed by atoms with Gasteiger partial charge in [-0.05, 0) is 54.3 Å². The molecule has 0 spiro atoms. The van der Waals surface area contributed by atoms with Crippen LogP contribution in [0, 0.1) is 0 Å². The van der Waals surface area contributed by atoms with E-state index in [1.165, 1.54) is 27.6 Å². The monoisotopic (exact) mass is 322 g/mol. The predicted molar refractivity (Wildman–Crippen MR) is 96.0 cm³/mol. The number of rotatable bonds is 4. The van der Waals surface area contributed by atoms with Crippen LogP contribution in [0.15, 0.2) is 42.6 Å². The smallest absolute Gasteiger partial charge is 0.161 e. The predicted octanol–water partition coefficient (Wildman–Crippen LogP) is 3.61. The highest BCUT2D eigenvalue weighted by atomic mass is 16.5. The van der Waals surface area contributed by atoms with Crippen LogP contribution in [-0.2, 0) is 12.8 Å². The first kappa shape index (κ1) is 15.1. The number of fused-ring (bicyclic) bond motifs is 2. The number of hydrogen-bond donors (Lipinski definition) is 2. The number of para-hydroxylation sites is 1. The molecule has 0 radical (unpaired) electrons. The molecule has 124 valence electrons. The van der Waals surface area contributed by atoms with Gasteiger partial charge in [0.2, 0.25) is 0 Å². The van der Waals surface area contributed by atoms with Crippen molar-refractivity contribution in [1.82, 2.24) is 10.3 Å². The highest BCUT2D eigenvalue weighted by Gasteiger charge is 2.23. The summed E-state index contributed by atoms with van der Waals surface area (Å²) in [6.45, 7) is 0.982. The van der Waals surface area contributed by atoms with E-state index in [1.54, 1.807) is 14.2 Å². The molecule has 1 aromatic heterocycles. The molecule has 1 atom stereocenters. The fraction of sp³-hybridized carbons (Fsp3) is 0.300. The molecule has 1 aliphatic heterocycles. The summed E-state index contributed by atoms with van der Waals surface area (Å²) in [7, 11) is 3.38. The second-order valence-corrected chi connectivity index (χ2v) is 6.23. The van der Waals surface area contributed by atoms with Crippen molar-refractivity contribution in [3.05, 3.63) is 59.3 Å². The van der Waals surface area contributed by atoms with Gasteiger partial charge in [-0.3, -0.25) is 0 Å². The average molecular weight is 322 g/mol. The van der Waals surface area contributed by atoms with E-state index in [1.807, 2.05) is 0 Å². The molecular weight excluding hydrogens is 300 g/mol. The van der Waals surface area contributed by atoms with E-state index in [0.717, 1.165) is 30.9 Å². The zero-order valence-corrected chi connectivity index (χ0v) is 14.1. The lowest BCUT2D eigenvalue weighted by molar-refractivity contribution is 0.352. The molecule has 2 N–H and O–H groups in total. The molecule has 2 heterocycles. The van der Waals surface area contributed by atoms with Crippen LogP contribution in [0.1, 0.15) is 22.7 Å². The molecule has 3 aromatic rings. The van der Waals surface area contributed by atoms with Crippen molar-refractivity contribution >= 4 is 10.9 Å². The van der Waals surface area contributed by atoms with Crippen LogP contribution in [0.25, 0.3) is 10.9 Å². The molecule has 4 rings (SSSR count). The van der Waals surface area contributed by atoms with Gasteiger partial charge in [0.1, 0.15) is 0 Å². The van der Waals surface area contributed by atoms with Gasteiger partial charge in [0.05, 0.1) is 14.2 Å². The summed E-state index contributed by atoms with van der Waals surface area (Å²) in [5.74, 6) is 1.60. The maximum absolute atomic E-state index is 5.50. The normalized spacial score (nSPS) is 16.8. The Kier molecular flexibility index (Phi) is 3.90. The van der Waals surface area contributed by atoms with Crippen LogP contribution >= 0.6 is 0 Å². The molecule has 0 saturated carbocycles. The van der Waals surface area contributed by atoms with Gasteiger partial charge < -0.3 is 19.8 Å². The number of nitrogens with one attached hydrogen (secondary N) is 2. The number of ether oxygens (including phenoxy) is 2. The maximum Gasteiger partial charge on any atom is 0.161 e. The topological polar surface area (TPSA) is 46.3 Å². The van der Waals surface area contributed by atoms with E-state index < -0.39 is 0 Å². The van der Waals surface area contributed by atoms with Gasteiger partial charge >= 0.3 is 0 Å². The molecule has 2 aromatic carbocycles. The third kappa shape index (κ3) is 2.53. The fourth-order valence-electron chi connectivity index (χ4n) is 3.67. The van der Waals surface area contributed by atoms with Crippen molar-refractivity contribution in [2.45, 2.75) is 18.9 Å². The van der Waals surface area contributed by atoms with E-state index in [-0.39, 0.29) is 6.04 Å². The van der Waals surface area contributed by atoms with Gasteiger partial charge in [-0.25, -0.2) is 0 Å². The number of methoxy groups -OCH3 is 2. The highest BCUT2D eigenvalue weighted by molar-refractivity contribution is 5.83. The Balaban J connectivity index is 1.71. The third-order valence-corrected chi connectivity index (χ3v) is 4.90. The number of H-pyrrole nitrogens is 1. The minimum absolute atomic E-state index is 0.285. The molecule has 0 saturated heterocycles. The summed E-state index contributed by atoms with van der Waals surface area (Å²) >= 11 is 0. The van der Waals surface area contributed by atoms with Gasteiger partial charge in [-0.1, -0.05) is 18.2 Å². The van der Waals surface area contributed by atoms with Gasteiger partial charge in [-0.2, -0.15) is 0 Å². The second-order valence-electron chi connectivity index (χ2n) is 6.23. The van der Waals surface area contributed by atoms with Crippen molar-refractivity contribution in [3.8, 4) is 11.5 Å². The van der Waals surface area contributed by atoms with Crippen molar-refractivity contribution < 1.29 is 9.47 Å². The van der Waals surface area contributed by atoms with Crippen LogP contribution < -0.4 is 14.8 Å². The van der Waals surface area contributed by atoms with Crippen molar-refractivity contribution in [2.75, 3.05) is 20.8 Å². The largest absolute Gasteiger partial charge is 0.493 e. The number of aromatic nitrogens is 1. The van der Waals surface area contributed by atoms with Crippen molar-refractivity contribution in [1.29, 1.82) is 0 Å². The van der Waals surface area contributed by atoms with E-state index in [0.29, 0.717) is 0 Å². The van der Waals surface area contributed by atoms with Gasteiger partial charge in [0, 0.05) is 23.1 Å². The Morgan fingerprint density at radius 2 is 1.88 bits per heavy atom. The summed E-state index contributed by atoms with van der Waals surface area (Å²) in [5.41, 5.74) is 5.18. The summed E-state index contributed by atoms with van der Waals surface area (Å²) < 4.78 is 10.9. The zero-order valence-electron chi connectivity index (χ0n) is 14.1. The van der Waals surface area contributed by atoms with Crippen molar-refractivity contribution in [2.24, 2.45) is 0 Å². The molecular formula is C20H22N2O2. The van der Waals surface area contributed by atoms with Gasteiger partial charge in [0.15, 0.2) is 11.5 Å². The van der Waals surface area contributed by atoms with E-state index in [4.69, 9.17) is 9.47 Å². The molecule has 1 aliphatic rings. The molecule has 0 amide bonds. The summed E-state index contributed by atoms with van der Waals surface area (Å²) in [6, 6.07) is 13.0. The standard InChI is InChI=1S/C20H22N2O2/c1-23-19-10-13-7-8-21-18(16(13)11-20(19)24-2)9-14-12-22-17-6-4-3-5-15(14)17/h3-6,10-12,18,21-22H,7-9H2,1-2H3/t18-/m0/s1. The Hall–Kier alpha value is -2.46. The Bertz CT molecular complexity index is 869. The van der Waals surface area contributed by atoms with Crippen LogP contribution in [-0.4, -0.2) is 25.7 Å². The van der Waals surface area contributed by atoms with E-state index >= 15 is 0 Å². The van der Waals surface area contributed by atoms with Crippen LogP contribution in [0.2, 0.25) is 0 Å². The first-order valence-electron chi connectivity index (χ1n) is 8.33.